The highest BCUT2D eigenvalue weighted by atomic mass is 32.1. The molecule has 0 aliphatic carbocycles. The summed E-state index contributed by atoms with van der Waals surface area (Å²) in [7, 11) is 3.28. The van der Waals surface area contributed by atoms with E-state index in [0.717, 1.165) is 21.9 Å². The molecule has 29 heavy (non-hydrogen) atoms. The summed E-state index contributed by atoms with van der Waals surface area (Å²) < 4.78 is 4.90. The molecule has 4 rings (SSSR count). The van der Waals surface area contributed by atoms with Crippen LogP contribution in [0.4, 0.5) is 5.00 Å². The zero-order valence-corrected chi connectivity index (χ0v) is 16.8. The molecule has 0 saturated carbocycles. The highest BCUT2D eigenvalue weighted by Crippen LogP contribution is 2.37. The van der Waals surface area contributed by atoms with Crippen molar-refractivity contribution in [3.05, 3.63) is 51.4 Å². The van der Waals surface area contributed by atoms with Gasteiger partial charge in [-0.25, -0.2) is 4.79 Å². The Kier molecular flexibility index (Phi) is 4.93. The molecule has 2 aromatic rings. The number of anilines is 1. The molecule has 0 radical (unpaired) electrons. The third-order valence-corrected chi connectivity index (χ3v) is 6.20. The van der Waals surface area contributed by atoms with Gasteiger partial charge in [0.15, 0.2) is 0 Å². The summed E-state index contributed by atoms with van der Waals surface area (Å²) >= 11 is 1.32. The average Bonchev–Trinajstić information content (AvgIpc) is 3.17. The minimum Gasteiger partial charge on any atom is -0.465 e. The quantitative estimate of drug-likeness (QED) is 0.606. The Bertz CT molecular complexity index is 1010. The van der Waals surface area contributed by atoms with Crippen LogP contribution in [0.3, 0.4) is 0 Å². The van der Waals surface area contributed by atoms with Crippen molar-refractivity contribution < 1.29 is 23.9 Å². The molecule has 1 aromatic heterocycles. The normalized spacial score (nSPS) is 15.9. The number of carbonyl (C=O) groups is 4. The smallest absolute Gasteiger partial charge is 0.341 e. The van der Waals surface area contributed by atoms with E-state index in [0.29, 0.717) is 23.5 Å². The number of methoxy groups -OCH3 is 1. The fourth-order valence-electron chi connectivity index (χ4n) is 3.63. The molecule has 150 valence electrons. The van der Waals surface area contributed by atoms with E-state index in [4.69, 9.17) is 4.74 Å². The van der Waals surface area contributed by atoms with Crippen molar-refractivity contribution in [1.82, 2.24) is 9.80 Å². The molecule has 0 bridgehead atoms. The van der Waals surface area contributed by atoms with E-state index in [9.17, 15) is 19.2 Å². The van der Waals surface area contributed by atoms with Gasteiger partial charge in [-0.1, -0.05) is 12.1 Å². The predicted molar refractivity (Wildman–Crippen MR) is 106 cm³/mol. The number of hydrogen-bond donors (Lipinski definition) is 1. The Morgan fingerprint density at radius 1 is 1.17 bits per heavy atom. The van der Waals surface area contributed by atoms with Gasteiger partial charge in [-0.3, -0.25) is 19.3 Å². The topological polar surface area (TPSA) is 96.0 Å². The first-order valence-corrected chi connectivity index (χ1v) is 9.88. The first kappa shape index (κ1) is 19.3. The van der Waals surface area contributed by atoms with Crippen molar-refractivity contribution >= 4 is 40.0 Å². The number of imide groups is 1. The van der Waals surface area contributed by atoms with Gasteiger partial charge >= 0.3 is 5.97 Å². The van der Waals surface area contributed by atoms with Crippen LogP contribution in [-0.4, -0.2) is 60.7 Å². The summed E-state index contributed by atoms with van der Waals surface area (Å²) in [6.45, 7) is 1.06. The SMILES string of the molecule is COC(=O)c1c(NC(=O)CN2C(=O)c3ccccc3C2=O)sc2c1CCN(C)C2. The molecular formula is C20H19N3O5S. The maximum atomic E-state index is 12.6. The lowest BCUT2D eigenvalue weighted by Gasteiger charge is -2.22. The lowest BCUT2D eigenvalue weighted by molar-refractivity contribution is -0.116. The molecule has 0 fully saturated rings. The highest BCUT2D eigenvalue weighted by Gasteiger charge is 2.36. The molecule has 1 N–H and O–H groups in total. The molecule has 2 aliphatic rings. The van der Waals surface area contributed by atoms with Gasteiger partial charge in [0.05, 0.1) is 23.8 Å². The number of carbonyl (C=O) groups excluding carboxylic acids is 4. The van der Waals surface area contributed by atoms with E-state index in [1.54, 1.807) is 24.3 Å². The number of hydrogen-bond acceptors (Lipinski definition) is 7. The number of benzene rings is 1. The zero-order chi connectivity index (χ0) is 20.7. The van der Waals surface area contributed by atoms with Crippen LogP contribution >= 0.6 is 11.3 Å². The minimum atomic E-state index is -0.545. The summed E-state index contributed by atoms with van der Waals surface area (Å²) in [5.41, 5.74) is 1.82. The van der Waals surface area contributed by atoms with Crippen molar-refractivity contribution in [2.45, 2.75) is 13.0 Å². The van der Waals surface area contributed by atoms with Crippen LogP contribution in [0.1, 0.15) is 41.5 Å². The van der Waals surface area contributed by atoms with Gasteiger partial charge < -0.3 is 15.0 Å². The number of nitrogens with zero attached hydrogens (tertiary/aromatic N) is 2. The van der Waals surface area contributed by atoms with Gasteiger partial charge in [0.25, 0.3) is 11.8 Å². The van der Waals surface area contributed by atoms with Crippen molar-refractivity contribution in [2.24, 2.45) is 0 Å². The van der Waals surface area contributed by atoms with Crippen molar-refractivity contribution in [3.63, 3.8) is 0 Å². The molecule has 3 amide bonds. The first-order valence-electron chi connectivity index (χ1n) is 9.07. The number of fused-ring (bicyclic) bond motifs is 2. The fraction of sp³-hybridized carbons (Fsp3) is 0.300. The van der Waals surface area contributed by atoms with E-state index in [-0.39, 0.29) is 11.1 Å². The fourth-order valence-corrected chi connectivity index (χ4v) is 4.96. The van der Waals surface area contributed by atoms with E-state index in [1.807, 2.05) is 7.05 Å². The molecule has 0 saturated heterocycles. The minimum absolute atomic E-state index is 0.287. The third kappa shape index (κ3) is 3.32. The molecule has 0 unspecified atom stereocenters. The second kappa shape index (κ2) is 7.41. The maximum absolute atomic E-state index is 12.6. The number of ether oxygens (including phenoxy) is 1. The standard InChI is InChI=1S/C20H19N3O5S/c1-22-8-7-13-14(9-22)29-17(16(13)20(27)28-2)21-15(24)10-23-18(25)11-5-3-4-6-12(11)19(23)26/h3-6H,7-10H2,1-2H3,(H,21,24). The van der Waals surface area contributed by atoms with E-state index < -0.39 is 30.2 Å². The summed E-state index contributed by atoms with van der Waals surface area (Å²) in [4.78, 5) is 53.9. The monoisotopic (exact) mass is 413 g/mol. The molecule has 0 spiro atoms. The Morgan fingerprint density at radius 2 is 1.83 bits per heavy atom. The number of likely N-dealkylation sites (N-methyl/N-ethyl adjacent to an activating group) is 1. The van der Waals surface area contributed by atoms with Crippen LogP contribution in [0.5, 0.6) is 0 Å². The molecule has 8 nitrogen and oxygen atoms in total. The molecule has 3 heterocycles. The molecular weight excluding hydrogens is 394 g/mol. The van der Waals surface area contributed by atoms with Crippen LogP contribution in [0.2, 0.25) is 0 Å². The second-order valence-corrected chi connectivity index (χ2v) is 8.08. The van der Waals surface area contributed by atoms with E-state index in [1.165, 1.54) is 18.4 Å². The van der Waals surface area contributed by atoms with E-state index in [2.05, 4.69) is 10.2 Å². The summed E-state index contributed by atoms with van der Waals surface area (Å²) in [6.07, 6.45) is 0.682. The zero-order valence-electron chi connectivity index (χ0n) is 16.0. The van der Waals surface area contributed by atoms with E-state index >= 15 is 0 Å². The van der Waals surface area contributed by atoms with Crippen LogP contribution in [0.25, 0.3) is 0 Å². The average molecular weight is 413 g/mol. The summed E-state index contributed by atoms with van der Waals surface area (Å²) in [6, 6.07) is 6.46. The Hall–Kier alpha value is -3.04. The number of esters is 1. The lowest BCUT2D eigenvalue weighted by atomic mass is 10.0. The third-order valence-electron chi connectivity index (χ3n) is 5.07. The van der Waals surface area contributed by atoms with Crippen molar-refractivity contribution in [2.75, 3.05) is 32.6 Å². The van der Waals surface area contributed by atoms with Crippen LogP contribution in [-0.2, 0) is 22.5 Å². The van der Waals surface area contributed by atoms with Gasteiger partial charge in [0.1, 0.15) is 11.5 Å². The van der Waals surface area contributed by atoms with Crippen LogP contribution in [0, 0.1) is 0 Å². The Balaban J connectivity index is 1.56. The second-order valence-electron chi connectivity index (χ2n) is 6.98. The van der Waals surface area contributed by atoms with Gasteiger partial charge in [-0.05, 0) is 31.2 Å². The van der Waals surface area contributed by atoms with Crippen molar-refractivity contribution in [1.29, 1.82) is 0 Å². The number of rotatable bonds is 4. The van der Waals surface area contributed by atoms with Crippen molar-refractivity contribution in [3.8, 4) is 0 Å². The lowest BCUT2D eigenvalue weighted by Crippen LogP contribution is -2.37. The molecule has 9 heteroatoms. The van der Waals surface area contributed by atoms with Gasteiger partial charge in [-0.2, -0.15) is 0 Å². The van der Waals surface area contributed by atoms with Crippen LogP contribution in [0.15, 0.2) is 24.3 Å². The van der Waals surface area contributed by atoms with Gasteiger partial charge in [0.2, 0.25) is 5.91 Å². The first-order chi connectivity index (χ1) is 13.9. The van der Waals surface area contributed by atoms with Gasteiger partial charge in [0, 0.05) is 18.0 Å². The Labute approximate surface area is 171 Å². The molecule has 0 atom stereocenters. The summed E-state index contributed by atoms with van der Waals surface area (Å²) in [5.74, 6) is -2.05. The predicted octanol–water partition coefficient (Wildman–Crippen LogP) is 1.76. The van der Waals surface area contributed by atoms with Crippen LogP contribution < -0.4 is 5.32 Å². The number of nitrogens with one attached hydrogen (secondary N) is 1. The highest BCUT2D eigenvalue weighted by molar-refractivity contribution is 7.17. The largest absolute Gasteiger partial charge is 0.465 e. The maximum Gasteiger partial charge on any atom is 0.341 e. The molecule has 2 aliphatic heterocycles. The number of amides is 3. The summed E-state index contributed by atoms with van der Waals surface area (Å²) in [5, 5.41) is 3.09. The Morgan fingerprint density at radius 3 is 2.45 bits per heavy atom. The number of thiophene rings is 1. The molecule has 1 aromatic carbocycles. The van der Waals surface area contributed by atoms with Gasteiger partial charge in [-0.15, -0.1) is 11.3 Å².